The molecule has 1 aromatic carbocycles. The van der Waals surface area contributed by atoms with E-state index in [1.54, 1.807) is 6.07 Å². The van der Waals surface area contributed by atoms with Crippen LogP contribution in [0.3, 0.4) is 0 Å². The van der Waals surface area contributed by atoms with Gasteiger partial charge in [-0.2, -0.15) is 8.78 Å². The Hall–Kier alpha value is -0.690. The van der Waals surface area contributed by atoms with Crippen LogP contribution in [0.2, 0.25) is 0 Å². The van der Waals surface area contributed by atoms with Gasteiger partial charge in [-0.05, 0) is 39.2 Å². The van der Waals surface area contributed by atoms with Gasteiger partial charge in [0.15, 0.2) is 0 Å². The lowest BCUT2D eigenvalue weighted by atomic mass is 10.1. The maximum absolute atomic E-state index is 12.2. The molecule has 0 aliphatic carbocycles. The summed E-state index contributed by atoms with van der Waals surface area (Å²) in [6, 6.07) is 3.04. The van der Waals surface area contributed by atoms with E-state index >= 15 is 0 Å². The molecule has 0 aromatic heterocycles. The Kier molecular flexibility index (Phi) is 6.01. The maximum Gasteiger partial charge on any atom is 0.387 e. The summed E-state index contributed by atoms with van der Waals surface area (Å²) in [6.07, 6.45) is 0.00428. The summed E-state index contributed by atoms with van der Waals surface area (Å²) in [5.74, 6) is -0.448. The summed E-state index contributed by atoms with van der Waals surface area (Å²) in [7, 11) is 1.27. The van der Waals surface area contributed by atoms with E-state index in [1.807, 2.05) is 0 Å². The molecule has 0 fully saturated rings. The fourth-order valence-corrected chi connectivity index (χ4v) is 2.35. The fraction of sp³-hybridized carbons (Fsp3) is 0.364. The van der Waals surface area contributed by atoms with Gasteiger partial charge in [0.25, 0.3) is 0 Å². The first-order chi connectivity index (χ1) is 8.47. The number of esters is 1. The monoisotopic (exact) mass is 386 g/mol. The highest BCUT2D eigenvalue weighted by Gasteiger charge is 2.14. The van der Waals surface area contributed by atoms with Crippen LogP contribution in [0.1, 0.15) is 11.1 Å². The quantitative estimate of drug-likeness (QED) is 0.571. The van der Waals surface area contributed by atoms with Crippen LogP contribution in [0.15, 0.2) is 16.6 Å². The van der Waals surface area contributed by atoms with Crippen LogP contribution in [0.4, 0.5) is 8.78 Å². The van der Waals surface area contributed by atoms with Crippen LogP contribution in [0.25, 0.3) is 0 Å². The van der Waals surface area contributed by atoms with Crippen molar-refractivity contribution in [2.75, 3.05) is 7.11 Å². The molecule has 0 N–H and O–H groups in total. The SMILES string of the molecule is COC(=O)Cc1cc(OC(F)F)c(Br)cc1CBr. The van der Waals surface area contributed by atoms with Crippen LogP contribution >= 0.6 is 31.9 Å². The zero-order chi connectivity index (χ0) is 13.7. The predicted molar refractivity (Wildman–Crippen MR) is 69.1 cm³/mol. The predicted octanol–water partition coefficient (Wildman–Crippen LogP) is 3.66. The second-order valence-corrected chi connectivity index (χ2v) is 4.73. The van der Waals surface area contributed by atoms with Crippen LogP contribution in [0.5, 0.6) is 5.75 Å². The van der Waals surface area contributed by atoms with Gasteiger partial charge in [-0.15, -0.1) is 0 Å². The van der Waals surface area contributed by atoms with Crippen molar-refractivity contribution < 1.29 is 23.0 Å². The molecule has 100 valence electrons. The summed E-state index contributed by atoms with van der Waals surface area (Å²) in [5.41, 5.74) is 1.38. The lowest BCUT2D eigenvalue weighted by Gasteiger charge is -2.12. The molecule has 3 nitrogen and oxygen atoms in total. The molecule has 0 unspecified atom stereocenters. The smallest absolute Gasteiger partial charge is 0.387 e. The van der Waals surface area contributed by atoms with Crippen molar-refractivity contribution in [2.45, 2.75) is 18.4 Å². The highest BCUT2D eigenvalue weighted by atomic mass is 79.9. The summed E-state index contributed by atoms with van der Waals surface area (Å²) in [5, 5.41) is 0.493. The third-order valence-electron chi connectivity index (χ3n) is 2.18. The van der Waals surface area contributed by atoms with Crippen molar-refractivity contribution in [3.63, 3.8) is 0 Å². The lowest BCUT2D eigenvalue weighted by Crippen LogP contribution is -2.08. The van der Waals surface area contributed by atoms with Crippen LogP contribution in [-0.4, -0.2) is 19.7 Å². The van der Waals surface area contributed by atoms with Crippen molar-refractivity contribution in [1.82, 2.24) is 0 Å². The Morgan fingerprint density at radius 3 is 2.56 bits per heavy atom. The molecule has 0 atom stereocenters. The highest BCUT2D eigenvalue weighted by molar-refractivity contribution is 9.10. The number of halogens is 4. The minimum Gasteiger partial charge on any atom is -0.469 e. The number of hydrogen-bond acceptors (Lipinski definition) is 3. The van der Waals surface area contributed by atoms with Gasteiger partial charge >= 0.3 is 12.6 Å². The molecule has 0 amide bonds. The van der Waals surface area contributed by atoms with Crippen molar-refractivity contribution in [2.24, 2.45) is 0 Å². The zero-order valence-corrected chi connectivity index (χ0v) is 12.6. The van der Waals surface area contributed by atoms with E-state index in [0.29, 0.717) is 15.4 Å². The Labute approximate surface area is 120 Å². The first-order valence-corrected chi connectivity index (χ1v) is 6.78. The molecule has 18 heavy (non-hydrogen) atoms. The molecule has 0 aliphatic heterocycles. The van der Waals surface area contributed by atoms with E-state index in [4.69, 9.17) is 0 Å². The summed E-state index contributed by atoms with van der Waals surface area (Å²) in [4.78, 5) is 11.2. The van der Waals surface area contributed by atoms with Gasteiger partial charge in [-0.25, -0.2) is 0 Å². The first kappa shape index (κ1) is 15.4. The summed E-state index contributed by atoms with van der Waals surface area (Å²) >= 11 is 6.41. The molecule has 0 bridgehead atoms. The molecule has 1 rings (SSSR count). The van der Waals surface area contributed by atoms with Gasteiger partial charge in [-0.1, -0.05) is 15.9 Å². The largest absolute Gasteiger partial charge is 0.469 e. The van der Waals surface area contributed by atoms with Gasteiger partial charge in [0.05, 0.1) is 18.0 Å². The van der Waals surface area contributed by atoms with Crippen LogP contribution in [0, 0.1) is 0 Å². The molecule has 0 heterocycles. The normalized spacial score (nSPS) is 10.6. The second kappa shape index (κ2) is 7.04. The molecular formula is C11H10Br2F2O3. The standard InChI is InChI=1S/C11H10Br2F2O3/c1-17-10(16)4-6-3-9(18-11(14)15)8(13)2-7(6)5-12/h2-3,11H,4-5H2,1H3. The number of carbonyl (C=O) groups excluding carboxylic acids is 1. The molecule has 0 saturated heterocycles. The Morgan fingerprint density at radius 1 is 1.39 bits per heavy atom. The van der Waals surface area contributed by atoms with E-state index < -0.39 is 12.6 Å². The van der Waals surface area contributed by atoms with Crippen molar-refractivity contribution in [3.05, 3.63) is 27.7 Å². The average molecular weight is 388 g/mol. The third kappa shape index (κ3) is 4.20. The number of benzene rings is 1. The number of carbonyl (C=O) groups is 1. The molecule has 0 radical (unpaired) electrons. The number of ether oxygens (including phenoxy) is 2. The zero-order valence-electron chi connectivity index (χ0n) is 9.38. The number of hydrogen-bond donors (Lipinski definition) is 0. The Bertz CT molecular complexity index is 439. The first-order valence-electron chi connectivity index (χ1n) is 4.86. The molecule has 0 saturated carbocycles. The molecule has 0 aliphatic rings. The topological polar surface area (TPSA) is 35.5 Å². The van der Waals surface area contributed by atoms with Gasteiger partial charge in [0.2, 0.25) is 0 Å². The fourth-order valence-electron chi connectivity index (χ4n) is 1.34. The third-order valence-corrected chi connectivity index (χ3v) is 3.40. The molecule has 1 aromatic rings. The summed E-state index contributed by atoms with van der Waals surface area (Å²) < 4.78 is 33.7. The minimum absolute atomic E-state index is 0.00428. The molecule has 7 heteroatoms. The molecular weight excluding hydrogens is 378 g/mol. The second-order valence-electron chi connectivity index (χ2n) is 3.32. The maximum atomic E-state index is 12.2. The Balaban J connectivity index is 3.09. The summed E-state index contributed by atoms with van der Waals surface area (Å²) in [6.45, 7) is -2.91. The average Bonchev–Trinajstić information content (AvgIpc) is 2.32. The number of alkyl halides is 3. The van der Waals surface area contributed by atoms with Crippen LogP contribution in [-0.2, 0) is 21.3 Å². The van der Waals surface area contributed by atoms with E-state index in [2.05, 4.69) is 41.3 Å². The van der Waals surface area contributed by atoms with Crippen molar-refractivity contribution >= 4 is 37.8 Å². The highest BCUT2D eigenvalue weighted by Crippen LogP contribution is 2.31. The van der Waals surface area contributed by atoms with E-state index in [0.717, 1.165) is 5.56 Å². The number of methoxy groups -OCH3 is 1. The molecule has 0 spiro atoms. The van der Waals surface area contributed by atoms with Gasteiger partial charge in [-0.3, -0.25) is 4.79 Å². The van der Waals surface area contributed by atoms with Gasteiger partial charge in [0, 0.05) is 5.33 Å². The van der Waals surface area contributed by atoms with Gasteiger partial charge < -0.3 is 9.47 Å². The minimum atomic E-state index is -2.91. The number of rotatable bonds is 5. The van der Waals surface area contributed by atoms with Crippen molar-refractivity contribution in [3.8, 4) is 5.75 Å². The van der Waals surface area contributed by atoms with E-state index in [9.17, 15) is 13.6 Å². The van der Waals surface area contributed by atoms with E-state index in [-0.39, 0.29) is 12.2 Å². The van der Waals surface area contributed by atoms with Gasteiger partial charge in [0.1, 0.15) is 5.75 Å². The Morgan fingerprint density at radius 2 is 2.06 bits per heavy atom. The van der Waals surface area contributed by atoms with Crippen LogP contribution < -0.4 is 4.74 Å². The van der Waals surface area contributed by atoms with E-state index in [1.165, 1.54) is 13.2 Å². The van der Waals surface area contributed by atoms with Crippen molar-refractivity contribution in [1.29, 1.82) is 0 Å². The lowest BCUT2D eigenvalue weighted by molar-refractivity contribution is -0.139.